The molecule has 0 radical (unpaired) electrons. The van der Waals surface area contributed by atoms with Crippen molar-refractivity contribution in [3.8, 4) is 11.5 Å². The highest BCUT2D eigenvalue weighted by Gasteiger charge is 2.21. The molecule has 0 fully saturated rings. The fourth-order valence-corrected chi connectivity index (χ4v) is 4.20. The first-order valence-electron chi connectivity index (χ1n) is 12.1. The van der Waals surface area contributed by atoms with Crippen LogP contribution < -0.4 is 10.3 Å². The number of ether oxygens (including phenoxy) is 1. The average molecular weight is 497 g/mol. The van der Waals surface area contributed by atoms with Gasteiger partial charge in [-0.1, -0.05) is 26.8 Å². The second-order valence-corrected chi connectivity index (χ2v) is 10.2. The number of nitrogens with one attached hydrogen (secondary N) is 1. The number of nitrogens with zero attached hydrogens (tertiary/aromatic N) is 5. The summed E-state index contributed by atoms with van der Waals surface area (Å²) in [4.78, 5) is 40.9. The van der Waals surface area contributed by atoms with Crippen LogP contribution in [-0.4, -0.2) is 35.5 Å². The molecule has 4 heterocycles. The van der Waals surface area contributed by atoms with Gasteiger partial charge in [-0.15, -0.1) is 0 Å². The predicted octanol–water partition coefficient (Wildman–Crippen LogP) is 4.35. The van der Waals surface area contributed by atoms with Crippen molar-refractivity contribution >= 4 is 27.9 Å². The minimum atomic E-state index is -0.290. The third-order valence-electron chi connectivity index (χ3n) is 6.27. The van der Waals surface area contributed by atoms with Gasteiger partial charge in [-0.05, 0) is 36.8 Å². The normalized spacial score (nSPS) is 11.8. The molecule has 1 N–H and O–H groups in total. The largest absolute Gasteiger partial charge is 0.454 e. The Hall–Kier alpha value is -4.40. The van der Waals surface area contributed by atoms with E-state index in [1.54, 1.807) is 30.1 Å². The summed E-state index contributed by atoms with van der Waals surface area (Å²) in [7, 11) is 1.87. The molecule has 4 aromatic heterocycles. The van der Waals surface area contributed by atoms with Crippen LogP contribution in [0.5, 0.6) is 11.5 Å². The molecule has 0 spiro atoms. The number of carbonyl (C=O) groups is 1. The number of carbonyl (C=O) groups excluding carboxylic acids is 1. The number of benzene rings is 1. The highest BCUT2D eigenvalue weighted by Crippen LogP contribution is 2.33. The number of aryl methyl sites for hydroxylation is 2. The van der Waals surface area contributed by atoms with E-state index >= 15 is 0 Å². The maximum absolute atomic E-state index is 13.1. The summed E-state index contributed by atoms with van der Waals surface area (Å²) in [6.45, 7) is 7.95. The first-order valence-corrected chi connectivity index (χ1v) is 12.1. The highest BCUT2D eigenvalue weighted by atomic mass is 16.5. The first-order chi connectivity index (χ1) is 17.6. The Kier molecular flexibility index (Phi) is 6.07. The van der Waals surface area contributed by atoms with Crippen molar-refractivity contribution in [1.29, 1.82) is 0 Å². The van der Waals surface area contributed by atoms with Gasteiger partial charge in [-0.25, -0.2) is 9.97 Å². The minimum absolute atomic E-state index is 0.0767. The Labute approximate surface area is 213 Å². The van der Waals surface area contributed by atoms with Crippen molar-refractivity contribution in [2.45, 2.75) is 46.0 Å². The van der Waals surface area contributed by atoms with Gasteiger partial charge in [-0.2, -0.15) is 5.10 Å². The van der Waals surface area contributed by atoms with Crippen molar-refractivity contribution in [1.82, 2.24) is 29.7 Å². The molecular formula is C28H28N6O3. The van der Waals surface area contributed by atoms with Crippen LogP contribution in [0.4, 0.5) is 0 Å². The van der Waals surface area contributed by atoms with Gasteiger partial charge in [0.2, 0.25) is 0 Å². The van der Waals surface area contributed by atoms with E-state index in [0.717, 1.165) is 22.3 Å². The van der Waals surface area contributed by atoms with Gasteiger partial charge in [0.15, 0.2) is 11.4 Å². The molecule has 0 saturated heterocycles. The van der Waals surface area contributed by atoms with Gasteiger partial charge < -0.3 is 9.72 Å². The molecule has 0 aliphatic heterocycles. The van der Waals surface area contributed by atoms with Crippen molar-refractivity contribution < 1.29 is 9.53 Å². The van der Waals surface area contributed by atoms with E-state index in [9.17, 15) is 9.59 Å². The Morgan fingerprint density at radius 1 is 1.03 bits per heavy atom. The van der Waals surface area contributed by atoms with Crippen LogP contribution in [-0.2, 0) is 30.1 Å². The molecule has 9 heteroatoms. The number of H-pyrrole nitrogens is 1. The molecule has 0 atom stereocenters. The fourth-order valence-electron chi connectivity index (χ4n) is 4.20. The van der Waals surface area contributed by atoms with Gasteiger partial charge in [0.25, 0.3) is 5.56 Å². The molecular weight excluding hydrogens is 468 g/mol. The van der Waals surface area contributed by atoms with E-state index in [2.05, 4.69) is 45.8 Å². The quantitative estimate of drug-likeness (QED) is 0.371. The van der Waals surface area contributed by atoms with Crippen molar-refractivity contribution in [3.63, 3.8) is 0 Å². The molecule has 0 aliphatic carbocycles. The van der Waals surface area contributed by atoms with Crippen molar-refractivity contribution in [3.05, 3.63) is 81.8 Å². The number of aromatic nitrogens is 6. The number of hydrogen-bond donors (Lipinski definition) is 1. The lowest BCUT2D eigenvalue weighted by atomic mass is 9.92. The highest BCUT2D eigenvalue weighted by molar-refractivity contribution is 5.93. The summed E-state index contributed by atoms with van der Waals surface area (Å²) in [5.41, 5.74) is 4.13. The summed E-state index contributed by atoms with van der Waals surface area (Å²) in [5.74, 6) is 1.11. The zero-order valence-electron chi connectivity index (χ0n) is 21.5. The zero-order valence-corrected chi connectivity index (χ0v) is 21.5. The number of rotatable bonds is 6. The number of pyridine rings is 2. The molecule has 0 saturated carbocycles. The maximum atomic E-state index is 13.1. The fraction of sp³-hybridized carbons (Fsp3) is 0.286. The van der Waals surface area contributed by atoms with Crippen LogP contribution in [0.1, 0.15) is 43.4 Å². The number of Topliss-reactive ketones (excluding diaryl/α,β-unsaturated/α-hetero) is 1. The summed E-state index contributed by atoms with van der Waals surface area (Å²) < 4.78 is 8.03. The Bertz CT molecular complexity index is 1710. The Balaban J connectivity index is 1.44. The van der Waals surface area contributed by atoms with Crippen molar-refractivity contribution in [2.24, 2.45) is 7.05 Å². The lowest BCUT2D eigenvalue weighted by Crippen LogP contribution is -2.12. The number of ketones is 1. The average Bonchev–Trinajstić information content (AvgIpc) is 3.22. The third kappa shape index (κ3) is 4.84. The van der Waals surface area contributed by atoms with E-state index in [1.807, 2.05) is 37.4 Å². The predicted molar refractivity (Wildman–Crippen MR) is 141 cm³/mol. The first kappa shape index (κ1) is 24.3. The Morgan fingerprint density at radius 2 is 1.84 bits per heavy atom. The van der Waals surface area contributed by atoms with Crippen LogP contribution in [0, 0.1) is 6.92 Å². The molecule has 0 amide bonds. The molecule has 0 aliphatic rings. The van der Waals surface area contributed by atoms with E-state index in [4.69, 9.17) is 4.74 Å². The van der Waals surface area contributed by atoms with E-state index < -0.39 is 0 Å². The van der Waals surface area contributed by atoms with Crippen LogP contribution in [0.3, 0.4) is 0 Å². The van der Waals surface area contributed by atoms with E-state index in [-0.39, 0.29) is 23.2 Å². The molecule has 0 unspecified atom stereocenters. The van der Waals surface area contributed by atoms with Gasteiger partial charge in [0.1, 0.15) is 22.7 Å². The molecule has 0 bridgehead atoms. The lowest BCUT2D eigenvalue weighted by molar-refractivity contribution is -0.117. The molecule has 5 aromatic rings. The van der Waals surface area contributed by atoms with Gasteiger partial charge >= 0.3 is 0 Å². The van der Waals surface area contributed by atoms with Gasteiger partial charge in [0.05, 0.1) is 11.2 Å². The van der Waals surface area contributed by atoms with Crippen LogP contribution in [0.15, 0.2) is 53.6 Å². The topological polar surface area (TPSA) is 116 Å². The molecule has 188 valence electrons. The van der Waals surface area contributed by atoms with E-state index in [1.165, 1.54) is 0 Å². The van der Waals surface area contributed by atoms with Crippen LogP contribution >= 0.6 is 0 Å². The lowest BCUT2D eigenvalue weighted by Gasteiger charge is -2.13. The third-order valence-corrected chi connectivity index (χ3v) is 6.27. The summed E-state index contributed by atoms with van der Waals surface area (Å²) in [5, 5.41) is 5.35. The second-order valence-electron chi connectivity index (χ2n) is 10.2. The molecule has 37 heavy (non-hydrogen) atoms. The van der Waals surface area contributed by atoms with Crippen LogP contribution in [0.25, 0.3) is 22.1 Å². The zero-order chi connectivity index (χ0) is 26.3. The monoisotopic (exact) mass is 496 g/mol. The number of hydrogen-bond acceptors (Lipinski definition) is 7. The maximum Gasteiger partial charge on any atom is 0.270 e. The van der Waals surface area contributed by atoms with Crippen molar-refractivity contribution in [2.75, 3.05) is 0 Å². The molecule has 9 nitrogen and oxygen atoms in total. The second kappa shape index (κ2) is 9.24. The van der Waals surface area contributed by atoms with Crippen LogP contribution in [0.2, 0.25) is 0 Å². The number of aromatic amines is 1. The van der Waals surface area contributed by atoms with Gasteiger partial charge in [-0.3, -0.25) is 19.3 Å². The van der Waals surface area contributed by atoms with E-state index in [0.29, 0.717) is 40.3 Å². The van der Waals surface area contributed by atoms with Gasteiger partial charge in [0, 0.05) is 54.8 Å². The smallest absolute Gasteiger partial charge is 0.270 e. The summed E-state index contributed by atoms with van der Waals surface area (Å²) in [6, 6.07) is 11.1. The summed E-state index contributed by atoms with van der Waals surface area (Å²) >= 11 is 0. The minimum Gasteiger partial charge on any atom is -0.454 e. The summed E-state index contributed by atoms with van der Waals surface area (Å²) in [6.07, 6.45) is 3.79. The number of fused-ring (bicyclic) bond motifs is 2. The molecule has 5 rings (SSSR count). The standard InChI is InChI=1S/C28H28N6O3/c1-16-27(36)32-26-25(31-16)22(10-12-30-26)37-21-9-8-17(24-20(21)7-6-11-29-24)13-19(35)14-18-15-23(28(2,3)4)33-34(18)5/h6-12,15H,13-14H2,1-5H3,(H,30,32,36). The SMILES string of the molecule is Cc1nc2c(Oc3ccc(CC(=O)Cc4cc(C(C)(C)C)nn4C)c4ncccc34)ccnc2[nH]c1=O. The molecule has 1 aromatic carbocycles. The Morgan fingerprint density at radius 3 is 2.59 bits per heavy atom.